The van der Waals surface area contributed by atoms with Crippen molar-refractivity contribution in [3.63, 3.8) is 0 Å². The minimum atomic E-state index is -0.803. The van der Waals surface area contributed by atoms with Crippen molar-refractivity contribution in [2.24, 2.45) is 4.99 Å². The Labute approximate surface area is 114 Å². The predicted molar refractivity (Wildman–Crippen MR) is 78.5 cm³/mol. The fraction of sp³-hybridized carbons (Fsp3) is 0.214. The number of aliphatic imine (C=N–C) groups is 1. The Morgan fingerprint density at radius 2 is 2.00 bits per heavy atom. The van der Waals surface area contributed by atoms with E-state index in [-0.39, 0.29) is 0 Å². The molecule has 1 heterocycles. The summed E-state index contributed by atoms with van der Waals surface area (Å²) in [5.41, 5.74) is 2.51. The Kier molecular flexibility index (Phi) is 4.41. The van der Waals surface area contributed by atoms with Crippen LogP contribution in [0.2, 0.25) is 13.1 Å². The molecule has 1 aromatic heterocycles. The number of rotatable bonds is 4. The van der Waals surface area contributed by atoms with E-state index < -0.39 is 9.04 Å². The van der Waals surface area contributed by atoms with E-state index in [9.17, 15) is 0 Å². The van der Waals surface area contributed by atoms with Gasteiger partial charge in [0.05, 0.1) is 11.4 Å². The number of para-hydroxylation sites is 2. The number of benzene rings is 1. The van der Waals surface area contributed by atoms with Crippen LogP contribution in [-0.2, 0) is 0 Å². The molecular formula is C14H16N3OSi. The van der Waals surface area contributed by atoms with Crippen LogP contribution in [0.5, 0.6) is 5.75 Å². The van der Waals surface area contributed by atoms with Gasteiger partial charge in [0.2, 0.25) is 0 Å². The van der Waals surface area contributed by atoms with Gasteiger partial charge in [0.1, 0.15) is 17.8 Å². The van der Waals surface area contributed by atoms with Crippen LogP contribution in [-0.4, -0.2) is 24.7 Å². The second-order valence-corrected chi connectivity index (χ2v) is 6.29. The quantitative estimate of drug-likeness (QED) is 0.633. The van der Waals surface area contributed by atoms with Crippen LogP contribution < -0.4 is 4.43 Å². The smallest absolute Gasteiger partial charge is 0.274 e. The SMILES string of the molecule is CC(=Nc1ccccc1O[Si](C)C)c1ccncn1. The predicted octanol–water partition coefficient (Wildman–Crippen LogP) is 3.25. The Balaban J connectivity index is 2.32. The number of hydrogen-bond donors (Lipinski definition) is 0. The Bertz CT molecular complexity index is 570. The second-order valence-electron chi connectivity index (χ2n) is 4.27. The highest BCUT2D eigenvalue weighted by molar-refractivity contribution is 6.49. The molecule has 0 aliphatic heterocycles. The van der Waals surface area contributed by atoms with Gasteiger partial charge in [0.25, 0.3) is 9.04 Å². The highest BCUT2D eigenvalue weighted by Crippen LogP contribution is 2.28. The van der Waals surface area contributed by atoms with Gasteiger partial charge in [-0.15, -0.1) is 0 Å². The van der Waals surface area contributed by atoms with Crippen molar-refractivity contribution in [1.82, 2.24) is 9.97 Å². The van der Waals surface area contributed by atoms with Gasteiger partial charge in [0, 0.05) is 6.20 Å². The normalized spacial score (nSPS) is 11.7. The third-order valence-corrected chi connectivity index (χ3v) is 3.05. The van der Waals surface area contributed by atoms with Gasteiger partial charge in [-0.05, 0) is 38.2 Å². The summed E-state index contributed by atoms with van der Waals surface area (Å²) in [6, 6.07) is 9.65. The molecule has 4 nitrogen and oxygen atoms in total. The van der Waals surface area contributed by atoms with Gasteiger partial charge in [-0.2, -0.15) is 0 Å². The Morgan fingerprint density at radius 3 is 2.68 bits per heavy atom. The molecule has 0 saturated heterocycles. The first-order valence-corrected chi connectivity index (χ1v) is 8.46. The number of nitrogens with zero attached hydrogens (tertiary/aromatic N) is 3. The molecule has 0 aliphatic rings. The molecule has 19 heavy (non-hydrogen) atoms. The molecule has 0 aliphatic carbocycles. The molecule has 0 fully saturated rings. The largest absolute Gasteiger partial charge is 0.541 e. The molecule has 0 spiro atoms. The summed E-state index contributed by atoms with van der Waals surface area (Å²) < 4.78 is 5.84. The van der Waals surface area contributed by atoms with Gasteiger partial charge in [0.15, 0.2) is 0 Å². The van der Waals surface area contributed by atoms with Crippen LogP contribution in [0.1, 0.15) is 12.6 Å². The average molecular weight is 270 g/mol. The van der Waals surface area contributed by atoms with Crippen LogP contribution in [0.4, 0.5) is 5.69 Å². The van der Waals surface area contributed by atoms with E-state index in [1.807, 2.05) is 37.3 Å². The van der Waals surface area contributed by atoms with Crippen molar-refractivity contribution in [2.75, 3.05) is 0 Å². The minimum absolute atomic E-state index is 0.803. The molecule has 0 atom stereocenters. The average Bonchev–Trinajstić information content (AvgIpc) is 2.41. The molecule has 1 aromatic carbocycles. The fourth-order valence-electron chi connectivity index (χ4n) is 1.60. The van der Waals surface area contributed by atoms with Crippen LogP contribution >= 0.6 is 0 Å². The van der Waals surface area contributed by atoms with Crippen LogP contribution in [0.25, 0.3) is 0 Å². The summed E-state index contributed by atoms with van der Waals surface area (Å²) in [4.78, 5) is 12.7. The third kappa shape index (κ3) is 3.72. The summed E-state index contributed by atoms with van der Waals surface area (Å²) in [6.07, 6.45) is 3.24. The maximum atomic E-state index is 5.84. The highest BCUT2D eigenvalue weighted by Gasteiger charge is 2.06. The first-order valence-electron chi connectivity index (χ1n) is 6.05. The lowest BCUT2D eigenvalue weighted by Gasteiger charge is -2.11. The zero-order valence-electron chi connectivity index (χ0n) is 11.3. The molecule has 2 aromatic rings. The van der Waals surface area contributed by atoms with Crippen molar-refractivity contribution in [1.29, 1.82) is 0 Å². The van der Waals surface area contributed by atoms with Gasteiger partial charge >= 0.3 is 0 Å². The lowest BCUT2D eigenvalue weighted by atomic mass is 10.2. The van der Waals surface area contributed by atoms with E-state index in [0.29, 0.717) is 0 Å². The van der Waals surface area contributed by atoms with Crippen molar-refractivity contribution in [3.8, 4) is 5.75 Å². The summed E-state index contributed by atoms with van der Waals surface area (Å²) in [6.45, 7) is 6.13. The van der Waals surface area contributed by atoms with Gasteiger partial charge in [-0.3, -0.25) is 0 Å². The van der Waals surface area contributed by atoms with E-state index in [0.717, 1.165) is 22.8 Å². The molecule has 0 unspecified atom stereocenters. The molecule has 2 rings (SSSR count). The van der Waals surface area contributed by atoms with E-state index in [2.05, 4.69) is 28.1 Å². The third-order valence-electron chi connectivity index (χ3n) is 2.42. The highest BCUT2D eigenvalue weighted by atomic mass is 28.3. The molecule has 1 radical (unpaired) electrons. The van der Waals surface area contributed by atoms with E-state index >= 15 is 0 Å². The zero-order chi connectivity index (χ0) is 13.7. The molecule has 0 N–H and O–H groups in total. The van der Waals surface area contributed by atoms with Gasteiger partial charge in [-0.25, -0.2) is 15.0 Å². The molecule has 0 bridgehead atoms. The lowest BCUT2D eigenvalue weighted by Crippen LogP contribution is -2.11. The van der Waals surface area contributed by atoms with Gasteiger partial charge in [-0.1, -0.05) is 12.1 Å². The maximum Gasteiger partial charge on any atom is 0.274 e. The minimum Gasteiger partial charge on any atom is -0.541 e. The van der Waals surface area contributed by atoms with Crippen LogP contribution in [0, 0.1) is 0 Å². The monoisotopic (exact) mass is 270 g/mol. The summed E-state index contributed by atoms with van der Waals surface area (Å²) in [5, 5.41) is 0. The first kappa shape index (κ1) is 13.4. The Hall–Kier alpha value is -2.01. The zero-order valence-corrected chi connectivity index (χ0v) is 12.3. The van der Waals surface area contributed by atoms with E-state index in [1.165, 1.54) is 6.33 Å². The molecular weight excluding hydrogens is 254 g/mol. The summed E-state index contributed by atoms with van der Waals surface area (Å²) in [5.74, 6) is 0.829. The Morgan fingerprint density at radius 1 is 1.21 bits per heavy atom. The van der Waals surface area contributed by atoms with Crippen molar-refractivity contribution >= 4 is 20.4 Å². The summed E-state index contributed by atoms with van der Waals surface area (Å²) >= 11 is 0. The van der Waals surface area contributed by atoms with Crippen molar-refractivity contribution in [2.45, 2.75) is 20.0 Å². The second kappa shape index (κ2) is 6.24. The topological polar surface area (TPSA) is 47.4 Å². The standard InChI is InChI=1S/C14H16N3OSi/c1-11(12-8-9-15-10-16-12)17-13-6-4-5-7-14(13)18-19(2)3/h4-10H,1-3H3. The van der Waals surface area contributed by atoms with E-state index in [4.69, 9.17) is 4.43 Å². The number of aromatic nitrogens is 2. The van der Waals surface area contributed by atoms with Crippen LogP contribution in [0.3, 0.4) is 0 Å². The first-order chi connectivity index (χ1) is 9.16. The molecule has 0 saturated carbocycles. The van der Waals surface area contributed by atoms with Crippen molar-refractivity contribution < 1.29 is 4.43 Å². The molecule has 97 valence electrons. The van der Waals surface area contributed by atoms with Crippen molar-refractivity contribution in [3.05, 3.63) is 48.5 Å². The molecule has 5 heteroatoms. The lowest BCUT2D eigenvalue weighted by molar-refractivity contribution is 0.582. The number of hydrogen-bond acceptors (Lipinski definition) is 4. The fourth-order valence-corrected chi connectivity index (χ4v) is 2.21. The molecule has 0 amide bonds. The van der Waals surface area contributed by atoms with Gasteiger partial charge < -0.3 is 4.43 Å². The van der Waals surface area contributed by atoms with E-state index in [1.54, 1.807) is 6.20 Å². The summed E-state index contributed by atoms with van der Waals surface area (Å²) in [7, 11) is -0.803. The van der Waals surface area contributed by atoms with Crippen LogP contribution in [0.15, 0.2) is 47.8 Å². The maximum absolute atomic E-state index is 5.84.